The number of para-hydroxylation sites is 1. The van der Waals surface area contributed by atoms with Crippen LogP contribution in [0.2, 0.25) is 0 Å². The van der Waals surface area contributed by atoms with E-state index >= 15 is 0 Å². The molecule has 2 N–H and O–H groups in total. The molecule has 5 heteroatoms. The summed E-state index contributed by atoms with van der Waals surface area (Å²) in [5.74, 6) is -0.708. The number of carbonyl (C=O) groups is 2. The summed E-state index contributed by atoms with van der Waals surface area (Å²) in [7, 11) is 0. The van der Waals surface area contributed by atoms with Crippen molar-refractivity contribution >= 4 is 23.6 Å². The lowest BCUT2D eigenvalue weighted by Crippen LogP contribution is -2.11. The molecule has 0 radical (unpaired) electrons. The first-order valence-electron chi connectivity index (χ1n) is 9.53. The van der Waals surface area contributed by atoms with Crippen LogP contribution in [0, 0.1) is 13.8 Å². The molecule has 0 atom stereocenters. The number of carboxylic acids is 1. The van der Waals surface area contributed by atoms with E-state index in [9.17, 15) is 14.7 Å². The number of amides is 1. The zero-order valence-electron chi connectivity index (χ0n) is 16.9. The molecule has 0 aliphatic heterocycles. The van der Waals surface area contributed by atoms with E-state index in [2.05, 4.69) is 17.4 Å². The van der Waals surface area contributed by atoms with Crippen molar-refractivity contribution in [1.29, 1.82) is 0 Å². The Labute approximate surface area is 175 Å². The fraction of sp³-hybridized carbons (Fsp3) is 0.120. The summed E-state index contributed by atoms with van der Waals surface area (Å²) in [5.41, 5.74) is 4.42. The van der Waals surface area contributed by atoms with Crippen LogP contribution in [-0.4, -0.2) is 17.0 Å². The molecule has 152 valence electrons. The second-order valence-electron chi connectivity index (χ2n) is 6.97. The third kappa shape index (κ3) is 5.58. The first kappa shape index (κ1) is 20.9. The largest absolute Gasteiger partial charge is 0.489 e. The van der Waals surface area contributed by atoms with Crippen molar-refractivity contribution in [3.63, 3.8) is 0 Å². The van der Waals surface area contributed by atoms with Gasteiger partial charge in [-0.15, -0.1) is 0 Å². The Hall–Kier alpha value is -3.86. The fourth-order valence-corrected chi connectivity index (χ4v) is 2.91. The first-order chi connectivity index (χ1) is 14.4. The van der Waals surface area contributed by atoms with Crippen molar-refractivity contribution in [1.82, 2.24) is 0 Å². The minimum Gasteiger partial charge on any atom is -0.489 e. The molecular weight excluding hydrogens is 378 g/mol. The first-order valence-corrected chi connectivity index (χ1v) is 9.53. The Morgan fingerprint density at radius 3 is 2.43 bits per heavy atom. The summed E-state index contributed by atoms with van der Waals surface area (Å²) in [6.07, 6.45) is 3.05. The van der Waals surface area contributed by atoms with Gasteiger partial charge in [0.2, 0.25) is 5.91 Å². The predicted molar refractivity (Wildman–Crippen MR) is 118 cm³/mol. The number of hydrogen-bond acceptors (Lipinski definition) is 3. The summed E-state index contributed by atoms with van der Waals surface area (Å²) >= 11 is 0. The molecule has 1 amide bonds. The van der Waals surface area contributed by atoms with Gasteiger partial charge in [-0.2, -0.15) is 0 Å². The number of benzene rings is 3. The highest BCUT2D eigenvalue weighted by atomic mass is 16.5. The number of aryl methyl sites for hydroxylation is 2. The van der Waals surface area contributed by atoms with Crippen LogP contribution in [0.3, 0.4) is 0 Å². The van der Waals surface area contributed by atoms with Crippen LogP contribution in [0.25, 0.3) is 6.08 Å². The van der Waals surface area contributed by atoms with E-state index in [1.165, 1.54) is 17.7 Å². The molecule has 3 aromatic carbocycles. The van der Waals surface area contributed by atoms with Crippen molar-refractivity contribution in [2.45, 2.75) is 20.5 Å². The molecule has 0 aliphatic rings. The maximum atomic E-state index is 12.2. The zero-order valence-corrected chi connectivity index (χ0v) is 16.9. The molecule has 0 saturated carbocycles. The number of anilines is 1. The second kappa shape index (κ2) is 9.56. The van der Waals surface area contributed by atoms with Crippen molar-refractivity contribution in [2.75, 3.05) is 5.32 Å². The third-order valence-electron chi connectivity index (χ3n) is 4.56. The van der Waals surface area contributed by atoms with Gasteiger partial charge in [0, 0.05) is 6.08 Å². The monoisotopic (exact) mass is 401 g/mol. The van der Waals surface area contributed by atoms with Gasteiger partial charge in [-0.25, -0.2) is 4.79 Å². The Morgan fingerprint density at radius 1 is 1.00 bits per heavy atom. The van der Waals surface area contributed by atoms with Gasteiger partial charge >= 0.3 is 5.97 Å². The SMILES string of the molecule is Cc1ccc(COc2ccc(/C=C/C(=O)Nc3ccccc3C(=O)O)cc2C)cc1. The van der Waals surface area contributed by atoms with Gasteiger partial charge in [0.1, 0.15) is 12.4 Å². The van der Waals surface area contributed by atoms with Crippen molar-refractivity contribution in [3.8, 4) is 5.75 Å². The van der Waals surface area contributed by atoms with Gasteiger partial charge in [0.15, 0.2) is 0 Å². The minimum absolute atomic E-state index is 0.0465. The number of nitrogens with one attached hydrogen (secondary N) is 1. The number of hydrogen-bond donors (Lipinski definition) is 2. The van der Waals surface area contributed by atoms with E-state index in [1.54, 1.807) is 24.3 Å². The molecule has 0 spiro atoms. The summed E-state index contributed by atoms with van der Waals surface area (Å²) in [6.45, 7) is 4.49. The number of carbonyl (C=O) groups excluding carboxylic acids is 1. The maximum Gasteiger partial charge on any atom is 0.337 e. The number of carboxylic acid groups (broad SMARTS) is 1. The molecule has 3 rings (SSSR count). The standard InChI is InChI=1S/C25H23NO4/c1-17-7-9-20(10-8-17)16-30-23-13-11-19(15-18(23)2)12-14-24(27)26-22-6-4-3-5-21(22)25(28)29/h3-15H,16H2,1-2H3,(H,26,27)(H,28,29)/b14-12+. The summed E-state index contributed by atoms with van der Waals surface area (Å²) in [5, 5.41) is 11.8. The zero-order chi connectivity index (χ0) is 21.5. The van der Waals surface area contributed by atoms with Gasteiger partial charge in [-0.3, -0.25) is 4.79 Å². The van der Waals surface area contributed by atoms with E-state index in [0.29, 0.717) is 6.61 Å². The van der Waals surface area contributed by atoms with E-state index in [1.807, 2.05) is 44.2 Å². The number of ether oxygens (including phenoxy) is 1. The molecule has 0 fully saturated rings. The average molecular weight is 401 g/mol. The van der Waals surface area contributed by atoms with Crippen molar-refractivity contribution in [3.05, 3.63) is 101 Å². The van der Waals surface area contributed by atoms with Crippen LogP contribution >= 0.6 is 0 Å². The summed E-state index contributed by atoms with van der Waals surface area (Å²) in [6, 6.07) is 20.2. The van der Waals surface area contributed by atoms with Crippen LogP contribution < -0.4 is 10.1 Å². The highest BCUT2D eigenvalue weighted by molar-refractivity contribution is 6.06. The van der Waals surface area contributed by atoms with E-state index in [-0.39, 0.29) is 11.3 Å². The Bertz CT molecular complexity index is 1080. The highest BCUT2D eigenvalue weighted by Crippen LogP contribution is 2.21. The Morgan fingerprint density at radius 2 is 1.73 bits per heavy atom. The van der Waals surface area contributed by atoms with E-state index in [4.69, 9.17) is 4.74 Å². The lowest BCUT2D eigenvalue weighted by atomic mass is 10.1. The molecule has 0 aliphatic carbocycles. The molecular formula is C25H23NO4. The molecule has 5 nitrogen and oxygen atoms in total. The minimum atomic E-state index is -1.09. The van der Waals surface area contributed by atoms with Crippen LogP contribution in [0.1, 0.15) is 32.6 Å². The van der Waals surface area contributed by atoms with Gasteiger partial charge in [0.25, 0.3) is 0 Å². The lowest BCUT2D eigenvalue weighted by Gasteiger charge is -2.10. The predicted octanol–water partition coefficient (Wildman–Crippen LogP) is 5.23. The second-order valence-corrected chi connectivity index (χ2v) is 6.97. The molecule has 3 aromatic rings. The Kier molecular flexibility index (Phi) is 6.65. The third-order valence-corrected chi connectivity index (χ3v) is 4.56. The topological polar surface area (TPSA) is 75.6 Å². The molecule has 0 aromatic heterocycles. The van der Waals surface area contributed by atoms with E-state index < -0.39 is 11.9 Å². The van der Waals surface area contributed by atoms with Gasteiger partial charge in [-0.05, 0) is 60.9 Å². The van der Waals surface area contributed by atoms with Crippen LogP contribution in [-0.2, 0) is 11.4 Å². The van der Waals surface area contributed by atoms with Crippen LogP contribution in [0.4, 0.5) is 5.69 Å². The summed E-state index contributed by atoms with van der Waals surface area (Å²) < 4.78 is 5.90. The van der Waals surface area contributed by atoms with Gasteiger partial charge in [0.05, 0.1) is 11.3 Å². The smallest absolute Gasteiger partial charge is 0.337 e. The number of aromatic carboxylic acids is 1. The quantitative estimate of drug-likeness (QED) is 0.532. The Balaban J connectivity index is 1.62. The fourth-order valence-electron chi connectivity index (χ4n) is 2.91. The molecule has 30 heavy (non-hydrogen) atoms. The normalized spacial score (nSPS) is 10.7. The average Bonchev–Trinajstić information content (AvgIpc) is 2.73. The molecule has 0 unspecified atom stereocenters. The lowest BCUT2D eigenvalue weighted by molar-refractivity contribution is -0.111. The maximum absolute atomic E-state index is 12.2. The summed E-state index contributed by atoms with van der Waals surface area (Å²) in [4.78, 5) is 23.4. The van der Waals surface area contributed by atoms with E-state index in [0.717, 1.165) is 22.4 Å². The molecule has 0 bridgehead atoms. The van der Waals surface area contributed by atoms with Crippen molar-refractivity contribution in [2.24, 2.45) is 0 Å². The van der Waals surface area contributed by atoms with Gasteiger partial charge in [-0.1, -0.05) is 48.0 Å². The van der Waals surface area contributed by atoms with Crippen LogP contribution in [0.15, 0.2) is 72.8 Å². The number of rotatable bonds is 7. The molecule has 0 heterocycles. The highest BCUT2D eigenvalue weighted by Gasteiger charge is 2.10. The van der Waals surface area contributed by atoms with Crippen molar-refractivity contribution < 1.29 is 19.4 Å². The van der Waals surface area contributed by atoms with Gasteiger partial charge < -0.3 is 15.2 Å². The van der Waals surface area contributed by atoms with Crippen LogP contribution in [0.5, 0.6) is 5.75 Å². The molecule has 0 saturated heterocycles.